The fourth-order valence-corrected chi connectivity index (χ4v) is 4.38. The number of rotatable bonds is 8. The first-order chi connectivity index (χ1) is 13.6. The first-order valence-corrected chi connectivity index (χ1v) is 11.4. The minimum Gasteiger partial charge on any atom is -0.315 e. The Hall–Kier alpha value is -1.85. The van der Waals surface area contributed by atoms with E-state index in [1.54, 1.807) is 16.7 Å². The van der Waals surface area contributed by atoms with Crippen molar-refractivity contribution in [2.45, 2.75) is 37.6 Å². The maximum Gasteiger partial charge on any atom is 0.237 e. The molecule has 0 spiro atoms. The average molecular weight is 458 g/mol. The fraction of sp³-hybridized carbons (Fsp3) is 0.304. The monoisotopic (exact) mass is 457 g/mol. The van der Waals surface area contributed by atoms with Crippen LogP contribution in [-0.4, -0.2) is 18.7 Å². The number of unbranched alkanes of at least 4 members (excludes halogenated alkanes) is 2. The molecule has 0 aliphatic carbocycles. The molecule has 0 aliphatic rings. The Morgan fingerprint density at radius 2 is 1.82 bits per heavy atom. The van der Waals surface area contributed by atoms with Gasteiger partial charge in [0.25, 0.3) is 0 Å². The Bertz CT molecular complexity index is 943. The number of para-hydroxylation sites is 1. The van der Waals surface area contributed by atoms with Crippen LogP contribution in [0.3, 0.4) is 0 Å². The number of hydrogen-bond donors (Lipinski definition) is 0. The average Bonchev–Trinajstić information content (AvgIpc) is 2.73. The van der Waals surface area contributed by atoms with Crippen LogP contribution in [0.4, 0.5) is 5.69 Å². The third-order valence-electron chi connectivity index (χ3n) is 4.83. The molecular weight excluding hydrogens is 432 g/mol. The van der Waals surface area contributed by atoms with Crippen molar-refractivity contribution < 1.29 is 9.36 Å². The number of nitrogens with zero attached hydrogens (tertiary/aromatic N) is 2. The second-order valence-electron chi connectivity index (χ2n) is 6.82. The van der Waals surface area contributed by atoms with Crippen LogP contribution >= 0.6 is 27.7 Å². The minimum absolute atomic E-state index is 0.0936. The van der Waals surface area contributed by atoms with E-state index in [2.05, 4.69) is 63.9 Å². The van der Waals surface area contributed by atoms with E-state index in [1.807, 2.05) is 31.3 Å². The van der Waals surface area contributed by atoms with Crippen molar-refractivity contribution in [3.63, 3.8) is 0 Å². The number of halogens is 1. The van der Waals surface area contributed by atoms with Gasteiger partial charge in [0.15, 0.2) is 6.20 Å². The molecule has 1 amide bonds. The van der Waals surface area contributed by atoms with E-state index in [1.165, 1.54) is 30.2 Å². The Balaban J connectivity index is 1.72. The predicted molar refractivity (Wildman–Crippen MR) is 122 cm³/mol. The summed E-state index contributed by atoms with van der Waals surface area (Å²) in [7, 11) is 1.83. The molecule has 0 unspecified atom stereocenters. The van der Waals surface area contributed by atoms with Crippen LogP contribution in [0.2, 0.25) is 0 Å². The standard InChI is InChI=1S/C23H26BrN2OS/c1-3-4-7-15-26-16-14-22(20-8-5-6-9-21(20)26)28-17-23(27)25(2)19-12-10-18(24)11-13-19/h5-6,8-14,16H,3-4,7,15,17H2,1-2H3/q+1. The number of aryl methyl sites for hydroxylation is 1. The highest BCUT2D eigenvalue weighted by molar-refractivity contribution is 9.10. The number of benzene rings is 2. The summed E-state index contributed by atoms with van der Waals surface area (Å²) in [5.74, 6) is 0.507. The van der Waals surface area contributed by atoms with Gasteiger partial charge in [-0.05, 0) is 36.8 Å². The van der Waals surface area contributed by atoms with Gasteiger partial charge in [0.1, 0.15) is 6.54 Å². The lowest BCUT2D eigenvalue weighted by Gasteiger charge is -2.17. The molecule has 3 rings (SSSR count). The molecular formula is C23H26BrN2OS+. The van der Waals surface area contributed by atoms with Crippen molar-refractivity contribution in [3.8, 4) is 0 Å². The normalized spacial score (nSPS) is 11.0. The Kier molecular flexibility index (Phi) is 7.51. The van der Waals surface area contributed by atoms with E-state index >= 15 is 0 Å². The molecule has 0 bridgehead atoms. The zero-order valence-corrected chi connectivity index (χ0v) is 18.8. The van der Waals surface area contributed by atoms with Crippen molar-refractivity contribution >= 4 is 50.2 Å². The van der Waals surface area contributed by atoms with E-state index in [4.69, 9.17) is 0 Å². The maximum absolute atomic E-state index is 12.7. The molecule has 1 aromatic heterocycles. The number of carbonyl (C=O) groups excluding carboxylic acids is 1. The topological polar surface area (TPSA) is 24.2 Å². The van der Waals surface area contributed by atoms with Crippen LogP contribution in [-0.2, 0) is 11.3 Å². The van der Waals surface area contributed by atoms with Crippen LogP contribution in [0.1, 0.15) is 26.2 Å². The molecule has 0 aliphatic heterocycles. The lowest BCUT2D eigenvalue weighted by atomic mass is 10.2. The lowest BCUT2D eigenvalue weighted by molar-refractivity contribution is -0.672. The molecule has 0 saturated carbocycles. The number of aromatic nitrogens is 1. The van der Waals surface area contributed by atoms with Gasteiger partial charge in [0.05, 0.1) is 11.1 Å². The Morgan fingerprint density at radius 1 is 1.07 bits per heavy atom. The lowest BCUT2D eigenvalue weighted by Crippen LogP contribution is -2.34. The summed E-state index contributed by atoms with van der Waals surface area (Å²) in [5.41, 5.74) is 2.14. The summed E-state index contributed by atoms with van der Waals surface area (Å²) in [6.07, 6.45) is 5.81. The summed E-state index contributed by atoms with van der Waals surface area (Å²) in [5, 5.41) is 1.21. The SMILES string of the molecule is CCCCC[n+]1ccc(SCC(=O)N(C)c2ccc(Br)cc2)c2ccccc21. The summed E-state index contributed by atoms with van der Waals surface area (Å²) in [6, 6.07) is 18.4. The molecule has 28 heavy (non-hydrogen) atoms. The molecule has 146 valence electrons. The van der Waals surface area contributed by atoms with Crippen LogP contribution < -0.4 is 9.47 Å². The van der Waals surface area contributed by atoms with Crippen LogP contribution in [0.25, 0.3) is 10.9 Å². The van der Waals surface area contributed by atoms with Crippen LogP contribution in [0.15, 0.2) is 70.2 Å². The third kappa shape index (κ3) is 5.15. The van der Waals surface area contributed by atoms with Gasteiger partial charge in [0, 0.05) is 40.7 Å². The smallest absolute Gasteiger partial charge is 0.237 e. The highest BCUT2D eigenvalue weighted by atomic mass is 79.9. The van der Waals surface area contributed by atoms with E-state index in [0.29, 0.717) is 5.75 Å². The van der Waals surface area contributed by atoms with E-state index < -0.39 is 0 Å². The van der Waals surface area contributed by atoms with E-state index in [-0.39, 0.29) is 5.91 Å². The molecule has 0 fully saturated rings. The van der Waals surface area contributed by atoms with Crippen LogP contribution in [0, 0.1) is 0 Å². The fourth-order valence-electron chi connectivity index (χ4n) is 3.16. The molecule has 1 heterocycles. The first kappa shape index (κ1) is 20.9. The van der Waals surface area contributed by atoms with Gasteiger partial charge < -0.3 is 4.90 Å². The van der Waals surface area contributed by atoms with Crippen LogP contribution in [0.5, 0.6) is 0 Å². The van der Waals surface area contributed by atoms with Crippen molar-refractivity contribution in [2.24, 2.45) is 0 Å². The number of fused-ring (bicyclic) bond motifs is 1. The highest BCUT2D eigenvalue weighted by Gasteiger charge is 2.15. The van der Waals surface area contributed by atoms with Gasteiger partial charge in [-0.15, -0.1) is 11.8 Å². The molecule has 0 atom stereocenters. The number of pyridine rings is 1. The summed E-state index contributed by atoms with van der Waals surface area (Å²) in [6.45, 7) is 3.26. The van der Waals surface area contributed by atoms with E-state index in [0.717, 1.165) is 21.6 Å². The van der Waals surface area contributed by atoms with Gasteiger partial charge in [-0.1, -0.05) is 41.4 Å². The Labute approximate surface area is 179 Å². The number of anilines is 1. The number of thioether (sulfide) groups is 1. The van der Waals surface area contributed by atoms with Gasteiger partial charge >= 0.3 is 0 Å². The molecule has 5 heteroatoms. The van der Waals surface area contributed by atoms with Gasteiger partial charge in [-0.2, -0.15) is 4.57 Å². The summed E-state index contributed by atoms with van der Waals surface area (Å²) in [4.78, 5) is 15.5. The van der Waals surface area contributed by atoms with Gasteiger partial charge in [-0.25, -0.2) is 0 Å². The van der Waals surface area contributed by atoms with Crippen molar-refractivity contribution in [1.29, 1.82) is 0 Å². The molecule has 3 aromatic rings. The largest absolute Gasteiger partial charge is 0.315 e. The quantitative estimate of drug-likeness (QED) is 0.241. The zero-order chi connectivity index (χ0) is 19.9. The number of hydrogen-bond acceptors (Lipinski definition) is 2. The first-order valence-electron chi connectivity index (χ1n) is 9.66. The maximum atomic E-state index is 12.7. The summed E-state index contributed by atoms with van der Waals surface area (Å²) >= 11 is 5.04. The molecule has 0 N–H and O–H groups in total. The molecule has 0 radical (unpaired) electrons. The molecule has 0 saturated heterocycles. The number of amides is 1. The van der Waals surface area contributed by atoms with Crippen molar-refractivity contribution in [3.05, 3.63) is 65.3 Å². The van der Waals surface area contributed by atoms with Crippen molar-refractivity contribution in [1.82, 2.24) is 0 Å². The summed E-state index contributed by atoms with van der Waals surface area (Å²) < 4.78 is 3.33. The predicted octanol–water partition coefficient (Wildman–Crippen LogP) is 5.84. The van der Waals surface area contributed by atoms with Crippen molar-refractivity contribution in [2.75, 3.05) is 17.7 Å². The van der Waals surface area contributed by atoms with Gasteiger partial charge in [-0.3, -0.25) is 4.79 Å². The highest BCUT2D eigenvalue weighted by Crippen LogP contribution is 2.27. The van der Waals surface area contributed by atoms with Gasteiger partial charge in [0.2, 0.25) is 11.4 Å². The zero-order valence-electron chi connectivity index (χ0n) is 16.4. The molecule has 2 aromatic carbocycles. The third-order valence-corrected chi connectivity index (χ3v) is 6.41. The second kappa shape index (κ2) is 10.1. The van der Waals surface area contributed by atoms with E-state index in [9.17, 15) is 4.79 Å². The second-order valence-corrected chi connectivity index (χ2v) is 8.75. The number of carbonyl (C=O) groups is 1. The minimum atomic E-state index is 0.0936. The molecule has 3 nitrogen and oxygen atoms in total. The Morgan fingerprint density at radius 3 is 2.57 bits per heavy atom.